The number of hydrogen-bond donors (Lipinski definition) is 0. The molecule has 0 fully saturated rings. The van der Waals surface area contributed by atoms with Gasteiger partial charge in [-0.2, -0.15) is 5.26 Å². The van der Waals surface area contributed by atoms with Crippen molar-refractivity contribution in [3.63, 3.8) is 0 Å². The Kier molecular flexibility index (Phi) is 3.73. The van der Waals surface area contributed by atoms with Crippen molar-refractivity contribution in [1.29, 1.82) is 5.26 Å². The van der Waals surface area contributed by atoms with Crippen LogP contribution in [0.25, 0.3) is 16.5 Å². The molecule has 0 aliphatic heterocycles. The Labute approximate surface area is 132 Å². The normalized spacial score (nSPS) is 10.3. The minimum absolute atomic E-state index is 0.244. The standard InChI is InChI=1S/C18H14N2O3/c1-22-15-5-3-14(4-6-15)20-8-7-12-9-16(23-2)10-13(11-19)17(12)18(20)21/h3-10H,1-2H3. The predicted molar refractivity (Wildman–Crippen MR) is 87.4 cm³/mol. The average molecular weight is 306 g/mol. The number of nitrogens with zero attached hydrogens (tertiary/aromatic N) is 2. The van der Waals surface area contributed by atoms with E-state index in [0.717, 1.165) is 0 Å². The van der Waals surface area contributed by atoms with Gasteiger partial charge >= 0.3 is 0 Å². The van der Waals surface area contributed by atoms with Crippen LogP contribution >= 0.6 is 0 Å². The second kappa shape index (κ2) is 5.85. The first-order valence-electron chi connectivity index (χ1n) is 6.96. The number of fused-ring (bicyclic) bond motifs is 1. The second-order valence-corrected chi connectivity index (χ2v) is 4.94. The largest absolute Gasteiger partial charge is 0.497 e. The van der Waals surface area contributed by atoms with Crippen molar-refractivity contribution >= 4 is 10.8 Å². The quantitative estimate of drug-likeness (QED) is 0.746. The molecular weight excluding hydrogens is 292 g/mol. The molecule has 0 bridgehead atoms. The molecule has 3 aromatic rings. The first-order chi connectivity index (χ1) is 11.2. The second-order valence-electron chi connectivity index (χ2n) is 4.94. The fraction of sp³-hybridized carbons (Fsp3) is 0.111. The summed E-state index contributed by atoms with van der Waals surface area (Å²) in [6, 6.07) is 14.3. The first-order valence-corrected chi connectivity index (χ1v) is 6.96. The van der Waals surface area contributed by atoms with Gasteiger partial charge in [0.15, 0.2) is 0 Å². The zero-order valence-corrected chi connectivity index (χ0v) is 12.7. The number of pyridine rings is 1. The number of nitriles is 1. The molecular formula is C18H14N2O3. The van der Waals surface area contributed by atoms with Crippen LogP contribution in [-0.2, 0) is 0 Å². The van der Waals surface area contributed by atoms with Gasteiger partial charge in [-0.3, -0.25) is 9.36 Å². The number of methoxy groups -OCH3 is 2. The fourth-order valence-electron chi connectivity index (χ4n) is 2.50. The lowest BCUT2D eigenvalue weighted by atomic mass is 10.1. The predicted octanol–water partition coefficient (Wildman–Crippen LogP) is 2.88. The van der Waals surface area contributed by atoms with Crippen LogP contribution in [0.15, 0.2) is 53.5 Å². The molecule has 1 heterocycles. The molecule has 0 N–H and O–H groups in total. The maximum absolute atomic E-state index is 12.8. The molecule has 0 aliphatic carbocycles. The van der Waals surface area contributed by atoms with E-state index in [0.29, 0.717) is 33.5 Å². The Morgan fingerprint density at radius 1 is 1.00 bits per heavy atom. The number of benzene rings is 2. The molecule has 3 rings (SSSR count). The Bertz CT molecular complexity index is 966. The van der Waals surface area contributed by atoms with Gasteiger partial charge in [0.2, 0.25) is 0 Å². The maximum atomic E-state index is 12.8. The van der Waals surface area contributed by atoms with E-state index in [1.807, 2.05) is 0 Å². The molecule has 2 aromatic carbocycles. The zero-order valence-electron chi connectivity index (χ0n) is 12.7. The van der Waals surface area contributed by atoms with Gasteiger partial charge in [0.05, 0.1) is 25.2 Å². The van der Waals surface area contributed by atoms with Crippen LogP contribution < -0.4 is 15.0 Å². The van der Waals surface area contributed by atoms with Crippen molar-refractivity contribution < 1.29 is 9.47 Å². The van der Waals surface area contributed by atoms with Crippen LogP contribution in [0.1, 0.15) is 5.56 Å². The molecule has 5 nitrogen and oxygen atoms in total. The van der Waals surface area contributed by atoms with Gasteiger partial charge in [-0.15, -0.1) is 0 Å². The topological polar surface area (TPSA) is 64.2 Å². The highest BCUT2D eigenvalue weighted by Crippen LogP contribution is 2.23. The molecule has 1 aromatic heterocycles. The third-order valence-electron chi connectivity index (χ3n) is 3.68. The molecule has 0 saturated heterocycles. The molecule has 0 aliphatic rings. The van der Waals surface area contributed by atoms with Gasteiger partial charge in [0.25, 0.3) is 5.56 Å². The van der Waals surface area contributed by atoms with Crippen molar-refractivity contribution in [3.05, 3.63) is 64.6 Å². The SMILES string of the molecule is COc1ccc(-n2ccc3cc(OC)cc(C#N)c3c2=O)cc1. The summed E-state index contributed by atoms with van der Waals surface area (Å²) in [7, 11) is 3.12. The van der Waals surface area contributed by atoms with E-state index in [1.165, 1.54) is 11.7 Å². The Morgan fingerprint density at radius 2 is 1.70 bits per heavy atom. The van der Waals surface area contributed by atoms with Gasteiger partial charge in [0, 0.05) is 11.9 Å². The van der Waals surface area contributed by atoms with Crippen LogP contribution in [0.2, 0.25) is 0 Å². The van der Waals surface area contributed by atoms with E-state index in [1.54, 1.807) is 55.8 Å². The smallest absolute Gasteiger partial charge is 0.264 e. The summed E-state index contributed by atoms with van der Waals surface area (Å²) in [5, 5.41) is 10.4. The number of hydrogen-bond acceptors (Lipinski definition) is 4. The van der Waals surface area contributed by atoms with Crippen LogP contribution in [0.5, 0.6) is 11.5 Å². The van der Waals surface area contributed by atoms with E-state index in [-0.39, 0.29) is 5.56 Å². The zero-order chi connectivity index (χ0) is 16.4. The lowest BCUT2D eigenvalue weighted by molar-refractivity contribution is 0.414. The third-order valence-corrected chi connectivity index (χ3v) is 3.68. The first kappa shape index (κ1) is 14.7. The summed E-state index contributed by atoms with van der Waals surface area (Å²) in [5.41, 5.74) is 0.761. The molecule has 0 unspecified atom stereocenters. The van der Waals surface area contributed by atoms with Crippen LogP contribution in [-0.4, -0.2) is 18.8 Å². The molecule has 114 valence electrons. The van der Waals surface area contributed by atoms with Gasteiger partial charge in [0.1, 0.15) is 17.6 Å². The van der Waals surface area contributed by atoms with Gasteiger partial charge in [-0.25, -0.2) is 0 Å². The summed E-state index contributed by atoms with van der Waals surface area (Å²) >= 11 is 0. The summed E-state index contributed by atoms with van der Waals surface area (Å²) in [6.07, 6.45) is 1.69. The lowest BCUT2D eigenvalue weighted by Gasteiger charge is -2.10. The molecule has 0 spiro atoms. The fourth-order valence-corrected chi connectivity index (χ4v) is 2.50. The van der Waals surface area contributed by atoms with Crippen LogP contribution in [0, 0.1) is 11.3 Å². The van der Waals surface area contributed by atoms with E-state index in [4.69, 9.17) is 9.47 Å². The molecule has 5 heteroatoms. The van der Waals surface area contributed by atoms with E-state index in [9.17, 15) is 10.1 Å². The van der Waals surface area contributed by atoms with Crippen molar-refractivity contribution in [2.45, 2.75) is 0 Å². The molecule has 0 atom stereocenters. The number of ether oxygens (including phenoxy) is 2. The van der Waals surface area contributed by atoms with Crippen LogP contribution in [0.4, 0.5) is 0 Å². The Morgan fingerprint density at radius 3 is 2.30 bits per heavy atom. The molecule has 0 radical (unpaired) electrons. The third kappa shape index (κ3) is 2.51. The summed E-state index contributed by atoms with van der Waals surface area (Å²) in [5.74, 6) is 1.26. The van der Waals surface area contributed by atoms with Crippen molar-refractivity contribution in [2.24, 2.45) is 0 Å². The minimum Gasteiger partial charge on any atom is -0.497 e. The Hall–Kier alpha value is -3.26. The maximum Gasteiger partial charge on any atom is 0.264 e. The number of rotatable bonds is 3. The van der Waals surface area contributed by atoms with Gasteiger partial charge < -0.3 is 9.47 Å². The Balaban J connectivity index is 2.26. The average Bonchev–Trinajstić information content (AvgIpc) is 2.61. The monoisotopic (exact) mass is 306 g/mol. The van der Waals surface area contributed by atoms with Gasteiger partial charge in [-0.1, -0.05) is 0 Å². The van der Waals surface area contributed by atoms with Crippen LogP contribution in [0.3, 0.4) is 0 Å². The molecule has 0 amide bonds. The van der Waals surface area contributed by atoms with Crippen molar-refractivity contribution in [3.8, 4) is 23.3 Å². The summed E-state index contributed by atoms with van der Waals surface area (Å²) in [6.45, 7) is 0. The van der Waals surface area contributed by atoms with E-state index in [2.05, 4.69) is 6.07 Å². The van der Waals surface area contributed by atoms with E-state index >= 15 is 0 Å². The minimum atomic E-state index is -0.244. The van der Waals surface area contributed by atoms with Gasteiger partial charge in [-0.05, 0) is 47.9 Å². The number of aromatic nitrogens is 1. The highest BCUT2D eigenvalue weighted by Gasteiger charge is 2.11. The summed E-state index contributed by atoms with van der Waals surface area (Å²) < 4.78 is 11.8. The molecule has 23 heavy (non-hydrogen) atoms. The van der Waals surface area contributed by atoms with Crippen molar-refractivity contribution in [2.75, 3.05) is 14.2 Å². The highest BCUT2D eigenvalue weighted by atomic mass is 16.5. The molecule has 0 saturated carbocycles. The lowest BCUT2D eigenvalue weighted by Crippen LogP contribution is -2.18. The van der Waals surface area contributed by atoms with Crippen molar-refractivity contribution in [1.82, 2.24) is 4.57 Å². The van der Waals surface area contributed by atoms with E-state index < -0.39 is 0 Å². The summed E-state index contributed by atoms with van der Waals surface area (Å²) in [4.78, 5) is 12.8. The highest BCUT2D eigenvalue weighted by molar-refractivity contribution is 5.88.